The van der Waals surface area contributed by atoms with E-state index in [4.69, 9.17) is 14.2 Å². The molecule has 52 heavy (non-hydrogen) atoms. The predicted molar refractivity (Wildman–Crippen MR) is 216 cm³/mol. The molecule has 308 valence electrons. The van der Waals surface area contributed by atoms with Gasteiger partial charge in [-0.3, -0.25) is 9.59 Å². The zero-order valence-corrected chi connectivity index (χ0v) is 35.0. The van der Waals surface area contributed by atoms with E-state index in [1.165, 1.54) is 141 Å². The van der Waals surface area contributed by atoms with Gasteiger partial charge in [0, 0.05) is 19.3 Å². The third-order valence-electron chi connectivity index (χ3n) is 10.3. The summed E-state index contributed by atoms with van der Waals surface area (Å²) in [6, 6.07) is -0.606. The van der Waals surface area contributed by atoms with Crippen LogP contribution in [0.4, 0.5) is 0 Å². The van der Waals surface area contributed by atoms with Crippen LogP contribution in [0.2, 0.25) is 0 Å². The minimum absolute atomic E-state index is 0.0442. The van der Waals surface area contributed by atoms with Crippen molar-refractivity contribution < 1.29 is 38.2 Å². The maximum atomic E-state index is 12.7. The fraction of sp³-hybridized carbons (Fsp3) is 0.932. The lowest BCUT2D eigenvalue weighted by Gasteiger charge is -2.31. The lowest BCUT2D eigenvalue weighted by molar-refractivity contribution is -0.887. The number of unbranched alkanes of at least 4 members (excludes halogenated alkanes) is 26. The van der Waals surface area contributed by atoms with Crippen LogP contribution in [0.5, 0.6) is 0 Å². The van der Waals surface area contributed by atoms with E-state index in [0.29, 0.717) is 19.3 Å². The Labute approximate surface area is 321 Å². The summed E-state index contributed by atoms with van der Waals surface area (Å²) in [6.45, 7) is 4.71. The number of ether oxygens (including phenoxy) is 3. The number of likely N-dealkylation sites (N-methyl/N-ethyl adjacent to an activating group) is 1. The minimum Gasteiger partial charge on any atom is -0.477 e. The van der Waals surface area contributed by atoms with Crippen LogP contribution in [0.1, 0.15) is 213 Å². The van der Waals surface area contributed by atoms with Gasteiger partial charge in [0.05, 0.1) is 34.4 Å². The predicted octanol–water partition coefficient (Wildman–Crippen LogP) is 11.8. The number of carboxylic acids is 1. The molecule has 8 heteroatoms. The maximum Gasteiger partial charge on any atom is 0.362 e. The Morgan fingerprint density at radius 2 is 0.846 bits per heavy atom. The third kappa shape index (κ3) is 34.1. The number of carbonyl (C=O) groups excluding carboxylic acids is 2. The van der Waals surface area contributed by atoms with E-state index in [9.17, 15) is 19.5 Å². The van der Waals surface area contributed by atoms with Crippen molar-refractivity contribution in [3.05, 3.63) is 0 Å². The first-order chi connectivity index (χ1) is 25.1. The van der Waals surface area contributed by atoms with Crippen molar-refractivity contribution in [2.24, 2.45) is 0 Å². The first-order valence-electron chi connectivity index (χ1n) is 22.1. The molecule has 8 nitrogen and oxygen atoms in total. The second-order valence-electron chi connectivity index (χ2n) is 16.3. The molecule has 0 rings (SSSR count). The van der Waals surface area contributed by atoms with Gasteiger partial charge in [-0.25, -0.2) is 4.79 Å². The molecule has 1 N–H and O–H groups in total. The second kappa shape index (κ2) is 36.3. The molecule has 0 radical (unpaired) electrons. The molecule has 0 aliphatic rings. The Morgan fingerprint density at radius 1 is 0.500 bits per heavy atom. The van der Waals surface area contributed by atoms with E-state index in [-0.39, 0.29) is 36.2 Å². The highest BCUT2D eigenvalue weighted by molar-refractivity contribution is 5.72. The largest absolute Gasteiger partial charge is 0.477 e. The molecule has 0 saturated heterocycles. The summed E-state index contributed by atoms with van der Waals surface area (Å²) in [6.07, 6.45) is 36.1. The number of nitrogens with zero attached hydrogens (tertiary/aromatic N) is 1. The summed E-state index contributed by atoms with van der Waals surface area (Å²) in [5.41, 5.74) is 0. The fourth-order valence-electron chi connectivity index (χ4n) is 6.80. The van der Waals surface area contributed by atoms with Gasteiger partial charge in [-0.1, -0.05) is 181 Å². The Kier molecular flexibility index (Phi) is 35.1. The van der Waals surface area contributed by atoms with Crippen LogP contribution in [0.15, 0.2) is 0 Å². The van der Waals surface area contributed by atoms with E-state index >= 15 is 0 Å². The van der Waals surface area contributed by atoms with Crippen molar-refractivity contribution >= 4 is 17.9 Å². The highest BCUT2D eigenvalue weighted by atomic mass is 16.6. The van der Waals surface area contributed by atoms with Crippen molar-refractivity contribution in [2.75, 3.05) is 41.0 Å². The summed E-state index contributed by atoms with van der Waals surface area (Å²) in [5.74, 6) is -1.46. The van der Waals surface area contributed by atoms with Gasteiger partial charge in [0.2, 0.25) is 0 Å². The molecule has 0 aliphatic carbocycles. The van der Waals surface area contributed by atoms with Gasteiger partial charge in [0.15, 0.2) is 12.1 Å². The number of aliphatic carboxylic acids is 1. The standard InChI is InChI=1S/C44H85NO7/c1-6-8-10-12-14-15-16-17-18-19-20-21-22-23-24-25-26-27-28-29-31-33-35-43(47)52-40(38-50-37-36-41(44(48)49)45(3,4)5)39-51-42(46)34-32-30-13-11-9-7-2/h40-41H,6-39H2,1-5H3/p+1. The fourth-order valence-corrected chi connectivity index (χ4v) is 6.80. The van der Waals surface area contributed by atoms with E-state index in [1.807, 2.05) is 21.1 Å². The molecule has 0 aromatic rings. The zero-order chi connectivity index (χ0) is 38.5. The Bertz CT molecular complexity index is 828. The average molecular weight is 741 g/mol. The van der Waals surface area contributed by atoms with Gasteiger partial charge < -0.3 is 23.8 Å². The highest BCUT2D eigenvalue weighted by Gasteiger charge is 2.31. The zero-order valence-electron chi connectivity index (χ0n) is 35.0. The van der Waals surface area contributed by atoms with Crippen molar-refractivity contribution in [3.63, 3.8) is 0 Å². The summed E-state index contributed by atoms with van der Waals surface area (Å²) in [4.78, 5) is 36.7. The normalized spacial score (nSPS) is 12.9. The molecule has 0 aromatic heterocycles. The topological polar surface area (TPSA) is 99.1 Å². The van der Waals surface area contributed by atoms with Gasteiger partial charge >= 0.3 is 17.9 Å². The Hall–Kier alpha value is -1.67. The highest BCUT2D eigenvalue weighted by Crippen LogP contribution is 2.16. The summed E-state index contributed by atoms with van der Waals surface area (Å²) in [7, 11) is 5.53. The first-order valence-corrected chi connectivity index (χ1v) is 22.1. The van der Waals surface area contributed by atoms with E-state index in [0.717, 1.165) is 38.5 Å². The van der Waals surface area contributed by atoms with Crippen molar-refractivity contribution in [3.8, 4) is 0 Å². The first kappa shape index (κ1) is 50.3. The second-order valence-corrected chi connectivity index (χ2v) is 16.3. The van der Waals surface area contributed by atoms with Crippen LogP contribution in [0, 0.1) is 0 Å². The number of carboxylic acid groups (broad SMARTS) is 1. The van der Waals surface area contributed by atoms with Crippen LogP contribution in [-0.2, 0) is 28.6 Å². The molecule has 0 amide bonds. The van der Waals surface area contributed by atoms with E-state index in [1.54, 1.807) is 0 Å². The van der Waals surface area contributed by atoms with Gasteiger partial charge in [-0.05, 0) is 12.8 Å². The van der Waals surface area contributed by atoms with Crippen molar-refractivity contribution in [2.45, 2.75) is 225 Å². The van der Waals surface area contributed by atoms with Crippen LogP contribution in [-0.4, -0.2) is 80.6 Å². The molecule has 0 fully saturated rings. The number of carbonyl (C=O) groups is 3. The molecule has 2 atom stereocenters. The summed E-state index contributed by atoms with van der Waals surface area (Å²) < 4.78 is 17.2. The lowest BCUT2D eigenvalue weighted by Crippen LogP contribution is -2.50. The van der Waals surface area contributed by atoms with Crippen molar-refractivity contribution in [1.29, 1.82) is 0 Å². The van der Waals surface area contributed by atoms with Crippen LogP contribution in [0.25, 0.3) is 0 Å². The Morgan fingerprint density at radius 3 is 1.19 bits per heavy atom. The molecular formula is C44H86NO7+. The quantitative estimate of drug-likeness (QED) is 0.0379. The van der Waals surface area contributed by atoms with Gasteiger partial charge in [0.25, 0.3) is 0 Å². The molecule has 0 aliphatic heterocycles. The molecule has 0 heterocycles. The maximum absolute atomic E-state index is 12.7. The number of hydrogen-bond donors (Lipinski definition) is 1. The molecule has 0 bridgehead atoms. The van der Waals surface area contributed by atoms with Crippen LogP contribution in [0.3, 0.4) is 0 Å². The van der Waals surface area contributed by atoms with Crippen LogP contribution >= 0.6 is 0 Å². The summed E-state index contributed by atoms with van der Waals surface area (Å²) in [5, 5.41) is 9.58. The molecule has 2 unspecified atom stereocenters. The monoisotopic (exact) mass is 741 g/mol. The third-order valence-corrected chi connectivity index (χ3v) is 10.3. The van der Waals surface area contributed by atoms with Gasteiger partial charge in [-0.2, -0.15) is 0 Å². The molecule has 0 saturated carbocycles. The minimum atomic E-state index is -0.872. The van der Waals surface area contributed by atoms with Crippen LogP contribution < -0.4 is 0 Å². The van der Waals surface area contributed by atoms with Gasteiger partial charge in [-0.15, -0.1) is 0 Å². The Balaban J connectivity index is 4.07. The smallest absolute Gasteiger partial charge is 0.362 e. The lowest BCUT2D eigenvalue weighted by atomic mass is 10.0. The number of rotatable bonds is 40. The number of hydrogen-bond acceptors (Lipinski definition) is 6. The number of quaternary nitrogens is 1. The van der Waals surface area contributed by atoms with Gasteiger partial charge in [0.1, 0.15) is 6.61 Å². The molecular weight excluding hydrogens is 654 g/mol. The number of esters is 2. The average Bonchev–Trinajstić information content (AvgIpc) is 3.09. The van der Waals surface area contributed by atoms with Crippen molar-refractivity contribution in [1.82, 2.24) is 0 Å². The SMILES string of the molecule is CCCCCCCCCCCCCCCCCCCCCCCCC(=O)OC(COCCC(C(=O)O)[N+](C)(C)C)COC(=O)CCCCCCCC. The molecule has 0 aromatic carbocycles. The van der Waals surface area contributed by atoms with E-state index < -0.39 is 18.1 Å². The summed E-state index contributed by atoms with van der Waals surface area (Å²) >= 11 is 0. The van der Waals surface area contributed by atoms with E-state index in [2.05, 4.69) is 13.8 Å². The molecule has 0 spiro atoms.